The molecule has 1 aromatic carbocycles. The van der Waals surface area contributed by atoms with Crippen LogP contribution in [0.3, 0.4) is 0 Å². The number of benzene rings is 1. The van der Waals surface area contributed by atoms with Gasteiger partial charge in [-0.15, -0.1) is 16.4 Å². The van der Waals surface area contributed by atoms with Crippen LogP contribution in [-0.2, 0) is 0 Å². The Balaban J connectivity index is 1.93. The highest BCUT2D eigenvalue weighted by atomic mass is 32.1. The van der Waals surface area contributed by atoms with Gasteiger partial charge in [0.2, 0.25) is 11.8 Å². The number of thiophene rings is 1. The van der Waals surface area contributed by atoms with E-state index in [0.29, 0.717) is 11.5 Å². The Morgan fingerprint density at radius 2 is 2.24 bits per heavy atom. The number of aromatic nitrogens is 2. The molecule has 3 N–H and O–H groups in total. The van der Waals surface area contributed by atoms with Crippen LogP contribution in [0, 0.1) is 11.3 Å². The first-order chi connectivity index (χ1) is 12.2. The summed E-state index contributed by atoms with van der Waals surface area (Å²) in [7, 11) is 1.62. The molecule has 1 aliphatic rings. The van der Waals surface area contributed by atoms with E-state index in [1.165, 1.54) is 0 Å². The van der Waals surface area contributed by atoms with Crippen LogP contribution in [0.15, 0.2) is 53.2 Å². The van der Waals surface area contributed by atoms with Crippen LogP contribution in [0.1, 0.15) is 16.4 Å². The molecule has 1 unspecified atom stereocenters. The number of ether oxygens (including phenoxy) is 2. The van der Waals surface area contributed by atoms with Gasteiger partial charge < -0.3 is 15.2 Å². The Morgan fingerprint density at radius 1 is 1.36 bits per heavy atom. The number of nitriles is 1. The molecule has 4 rings (SSSR count). The van der Waals surface area contributed by atoms with Gasteiger partial charge in [-0.2, -0.15) is 5.26 Å². The van der Waals surface area contributed by atoms with E-state index in [4.69, 9.17) is 15.2 Å². The fraction of sp³-hybridized carbons (Fsp3) is 0.111. The average molecular weight is 350 g/mol. The third-order valence-electron chi connectivity index (χ3n) is 4.13. The molecule has 0 amide bonds. The van der Waals surface area contributed by atoms with E-state index in [9.17, 15) is 5.26 Å². The number of methoxy groups -OCH3 is 1. The fourth-order valence-corrected chi connectivity index (χ4v) is 3.83. The summed E-state index contributed by atoms with van der Waals surface area (Å²) in [6.07, 6.45) is 0. The predicted molar refractivity (Wildman–Crippen MR) is 94.2 cm³/mol. The summed E-state index contributed by atoms with van der Waals surface area (Å²) in [5.74, 6) is 0.916. The van der Waals surface area contributed by atoms with Gasteiger partial charge in [0.05, 0.1) is 24.3 Å². The average Bonchev–Trinajstić information content (AvgIpc) is 3.30. The number of hydrogen-bond acceptors (Lipinski definition) is 6. The molecular formula is C18H14N4O2S. The van der Waals surface area contributed by atoms with Gasteiger partial charge in [0, 0.05) is 10.4 Å². The number of H-pyrrole nitrogens is 1. The number of nitrogens with two attached hydrogens (primary N) is 1. The molecule has 2 aromatic heterocycles. The van der Waals surface area contributed by atoms with Gasteiger partial charge in [0.1, 0.15) is 17.4 Å². The molecule has 0 radical (unpaired) electrons. The van der Waals surface area contributed by atoms with Gasteiger partial charge >= 0.3 is 0 Å². The first-order valence-electron chi connectivity index (χ1n) is 7.56. The number of rotatable bonds is 3. The summed E-state index contributed by atoms with van der Waals surface area (Å²) in [5, 5.41) is 18.9. The first-order valence-corrected chi connectivity index (χ1v) is 8.44. The third kappa shape index (κ3) is 2.44. The van der Waals surface area contributed by atoms with Crippen LogP contribution in [0.2, 0.25) is 0 Å². The Labute approximate surface area is 148 Å². The van der Waals surface area contributed by atoms with E-state index in [1.54, 1.807) is 18.4 Å². The summed E-state index contributed by atoms with van der Waals surface area (Å²) < 4.78 is 10.9. The lowest BCUT2D eigenvalue weighted by Gasteiger charge is -2.22. The molecule has 0 saturated carbocycles. The minimum absolute atomic E-state index is 0.0945. The normalized spacial score (nSPS) is 16.1. The van der Waals surface area contributed by atoms with Crippen molar-refractivity contribution in [1.82, 2.24) is 10.2 Å². The number of nitrogens with one attached hydrogen (secondary N) is 1. The minimum Gasteiger partial charge on any atom is -0.497 e. The SMILES string of the molecule is COc1cccc(-c2[nH]nc3c2C(c2cccs2)C(C#N)=C(N)O3)c1. The molecule has 7 heteroatoms. The van der Waals surface area contributed by atoms with Crippen molar-refractivity contribution in [3.05, 3.63) is 63.7 Å². The van der Waals surface area contributed by atoms with Crippen molar-refractivity contribution in [3.63, 3.8) is 0 Å². The predicted octanol–water partition coefficient (Wildman–Crippen LogP) is 3.36. The molecule has 6 nitrogen and oxygen atoms in total. The van der Waals surface area contributed by atoms with Crippen LogP contribution in [0.4, 0.5) is 0 Å². The fourth-order valence-electron chi connectivity index (χ4n) is 2.98. The van der Waals surface area contributed by atoms with E-state index in [1.807, 2.05) is 41.8 Å². The lowest BCUT2D eigenvalue weighted by molar-refractivity contribution is 0.379. The van der Waals surface area contributed by atoms with Gasteiger partial charge in [-0.1, -0.05) is 18.2 Å². The molecule has 25 heavy (non-hydrogen) atoms. The maximum absolute atomic E-state index is 9.62. The zero-order chi connectivity index (χ0) is 17.4. The molecule has 3 heterocycles. The second kappa shape index (κ2) is 6.00. The van der Waals surface area contributed by atoms with E-state index >= 15 is 0 Å². The van der Waals surface area contributed by atoms with Crippen molar-refractivity contribution in [3.8, 4) is 29.0 Å². The van der Waals surface area contributed by atoms with Crippen molar-refractivity contribution < 1.29 is 9.47 Å². The van der Waals surface area contributed by atoms with Crippen molar-refractivity contribution >= 4 is 11.3 Å². The summed E-state index contributed by atoms with van der Waals surface area (Å²) in [6.45, 7) is 0. The summed E-state index contributed by atoms with van der Waals surface area (Å²) in [4.78, 5) is 1.01. The Bertz CT molecular complexity index is 999. The van der Waals surface area contributed by atoms with Crippen LogP contribution in [0.5, 0.6) is 11.6 Å². The second-order valence-electron chi connectivity index (χ2n) is 5.49. The molecule has 0 spiro atoms. The highest BCUT2D eigenvalue weighted by Crippen LogP contribution is 2.46. The van der Waals surface area contributed by atoms with Gasteiger partial charge in [0.15, 0.2) is 0 Å². The zero-order valence-electron chi connectivity index (χ0n) is 13.3. The second-order valence-corrected chi connectivity index (χ2v) is 6.47. The minimum atomic E-state index is -0.311. The topological polar surface area (TPSA) is 97.0 Å². The summed E-state index contributed by atoms with van der Waals surface area (Å²) in [6, 6.07) is 13.8. The molecular weight excluding hydrogens is 336 g/mol. The highest BCUT2D eigenvalue weighted by molar-refractivity contribution is 7.10. The van der Waals surface area contributed by atoms with Crippen molar-refractivity contribution in [2.75, 3.05) is 7.11 Å². The monoisotopic (exact) mass is 350 g/mol. The highest BCUT2D eigenvalue weighted by Gasteiger charge is 2.36. The Kier molecular flexibility index (Phi) is 3.67. The van der Waals surface area contributed by atoms with E-state index < -0.39 is 0 Å². The quantitative estimate of drug-likeness (QED) is 0.755. The van der Waals surface area contributed by atoms with Crippen molar-refractivity contribution in [2.45, 2.75) is 5.92 Å². The van der Waals surface area contributed by atoms with Crippen LogP contribution >= 0.6 is 11.3 Å². The van der Waals surface area contributed by atoms with Crippen LogP contribution in [0.25, 0.3) is 11.3 Å². The third-order valence-corrected chi connectivity index (χ3v) is 5.06. The molecule has 0 bridgehead atoms. The maximum Gasteiger partial charge on any atom is 0.244 e. The van der Waals surface area contributed by atoms with Crippen LogP contribution in [-0.4, -0.2) is 17.3 Å². The van der Waals surface area contributed by atoms with Gasteiger partial charge in [-0.25, -0.2) is 0 Å². The van der Waals surface area contributed by atoms with E-state index in [2.05, 4.69) is 16.3 Å². The number of nitrogens with zero attached hydrogens (tertiary/aromatic N) is 2. The first kappa shape index (κ1) is 15.3. The number of fused-ring (bicyclic) bond motifs is 1. The van der Waals surface area contributed by atoms with E-state index in [0.717, 1.165) is 27.4 Å². The molecule has 0 fully saturated rings. The standard InChI is InChI=1S/C18H14N4O2S/c1-23-11-5-2-4-10(8-11)16-15-14(13-6-3-7-25-13)12(9-19)17(20)24-18(15)22-21-16/h2-8,14H,20H2,1H3,(H,21,22). The zero-order valence-corrected chi connectivity index (χ0v) is 14.1. The Morgan fingerprint density at radius 3 is 2.96 bits per heavy atom. The summed E-state index contributed by atoms with van der Waals surface area (Å²) >= 11 is 1.57. The smallest absolute Gasteiger partial charge is 0.244 e. The van der Waals surface area contributed by atoms with Crippen molar-refractivity contribution in [1.29, 1.82) is 5.26 Å². The van der Waals surface area contributed by atoms with E-state index in [-0.39, 0.29) is 11.8 Å². The number of allylic oxidation sites excluding steroid dienone is 1. The molecule has 3 aromatic rings. The largest absolute Gasteiger partial charge is 0.497 e. The van der Waals surface area contributed by atoms with Gasteiger partial charge in [-0.3, -0.25) is 5.10 Å². The van der Waals surface area contributed by atoms with Gasteiger partial charge in [0.25, 0.3) is 0 Å². The van der Waals surface area contributed by atoms with Crippen molar-refractivity contribution in [2.24, 2.45) is 5.73 Å². The number of hydrogen-bond donors (Lipinski definition) is 2. The molecule has 0 aliphatic carbocycles. The lowest BCUT2D eigenvalue weighted by Crippen LogP contribution is -2.20. The number of aromatic amines is 1. The molecule has 1 atom stereocenters. The molecule has 1 aliphatic heterocycles. The molecule has 124 valence electrons. The maximum atomic E-state index is 9.62. The Hall–Kier alpha value is -3.24. The lowest BCUT2D eigenvalue weighted by atomic mass is 9.87. The van der Waals surface area contributed by atoms with Crippen LogP contribution < -0.4 is 15.2 Å². The summed E-state index contributed by atoms with van der Waals surface area (Å²) in [5.41, 5.74) is 8.84. The molecule has 0 saturated heterocycles. The van der Waals surface area contributed by atoms with Gasteiger partial charge in [-0.05, 0) is 23.6 Å².